The van der Waals surface area contributed by atoms with Gasteiger partial charge in [-0.1, -0.05) is 23.2 Å². The molecule has 1 aliphatic rings. The molecule has 0 amide bonds. The Labute approximate surface area is 118 Å². The summed E-state index contributed by atoms with van der Waals surface area (Å²) in [6.07, 6.45) is 2.51. The van der Waals surface area contributed by atoms with Crippen molar-refractivity contribution in [3.63, 3.8) is 0 Å². The highest BCUT2D eigenvalue weighted by atomic mass is 35.5. The second-order valence-electron chi connectivity index (χ2n) is 5.01. The van der Waals surface area contributed by atoms with Gasteiger partial charge in [-0.25, -0.2) is 0 Å². The average molecular weight is 288 g/mol. The Bertz CT molecular complexity index is 400. The van der Waals surface area contributed by atoms with Crippen molar-refractivity contribution in [2.75, 3.05) is 37.7 Å². The zero-order valence-electron chi connectivity index (χ0n) is 10.5. The summed E-state index contributed by atoms with van der Waals surface area (Å²) in [4.78, 5) is 2.36. The van der Waals surface area contributed by atoms with Crippen LogP contribution in [0.4, 0.5) is 11.4 Å². The predicted octanol–water partition coefficient (Wildman–Crippen LogP) is 3.33. The highest BCUT2D eigenvalue weighted by Crippen LogP contribution is 2.33. The number of nitrogens with one attached hydrogen (secondary N) is 1. The maximum atomic E-state index is 6.14. The van der Waals surface area contributed by atoms with Gasteiger partial charge in [-0.05, 0) is 44.5 Å². The number of likely N-dealkylation sites (tertiary alicyclic amines) is 1. The number of nitrogens with zero attached hydrogens (tertiary/aromatic N) is 1. The van der Waals surface area contributed by atoms with Gasteiger partial charge in [0.1, 0.15) is 0 Å². The Hall–Kier alpha value is -0.640. The first-order valence-electron chi connectivity index (χ1n) is 6.23. The van der Waals surface area contributed by atoms with Crippen LogP contribution in [0.1, 0.15) is 12.8 Å². The first-order chi connectivity index (χ1) is 8.56. The number of benzene rings is 1. The number of nitrogens with two attached hydrogens (primary N) is 1. The van der Waals surface area contributed by atoms with Crippen molar-refractivity contribution in [3.8, 4) is 0 Å². The Morgan fingerprint density at radius 3 is 2.67 bits per heavy atom. The van der Waals surface area contributed by atoms with Gasteiger partial charge >= 0.3 is 0 Å². The van der Waals surface area contributed by atoms with Crippen LogP contribution in [0.25, 0.3) is 0 Å². The number of nitrogen functional groups attached to an aromatic ring is 1. The van der Waals surface area contributed by atoms with Gasteiger partial charge in [0.15, 0.2) is 0 Å². The predicted molar refractivity (Wildman–Crippen MR) is 79.6 cm³/mol. The molecule has 0 aliphatic carbocycles. The summed E-state index contributed by atoms with van der Waals surface area (Å²) in [5, 5.41) is 4.53. The van der Waals surface area contributed by atoms with Gasteiger partial charge in [0.05, 0.1) is 15.7 Å². The number of hydrogen-bond donors (Lipinski definition) is 2. The molecule has 0 saturated carbocycles. The van der Waals surface area contributed by atoms with Crippen molar-refractivity contribution < 1.29 is 0 Å². The van der Waals surface area contributed by atoms with Crippen LogP contribution in [-0.4, -0.2) is 31.6 Å². The fourth-order valence-corrected chi connectivity index (χ4v) is 3.09. The second kappa shape index (κ2) is 6.00. The van der Waals surface area contributed by atoms with Crippen LogP contribution in [0.3, 0.4) is 0 Å². The topological polar surface area (TPSA) is 41.3 Å². The molecule has 5 heteroatoms. The molecule has 3 N–H and O–H groups in total. The van der Waals surface area contributed by atoms with E-state index in [1.54, 1.807) is 12.1 Å². The standard InChI is InChI=1S/C13H19Cl2N3/c1-18-4-2-3-9(8-18)7-17-13-11(14)5-10(16)6-12(13)15/h5-6,9,17H,2-4,7-8,16H2,1H3. The van der Waals surface area contributed by atoms with E-state index in [-0.39, 0.29) is 0 Å². The number of halogens is 2. The molecule has 0 aromatic heterocycles. The van der Waals surface area contributed by atoms with Gasteiger partial charge in [0.25, 0.3) is 0 Å². The van der Waals surface area contributed by atoms with Crippen molar-refractivity contribution in [3.05, 3.63) is 22.2 Å². The molecule has 1 aliphatic heterocycles. The second-order valence-corrected chi connectivity index (χ2v) is 5.83. The Morgan fingerprint density at radius 1 is 1.39 bits per heavy atom. The van der Waals surface area contributed by atoms with E-state index in [2.05, 4.69) is 17.3 Å². The summed E-state index contributed by atoms with van der Waals surface area (Å²) in [6, 6.07) is 3.45. The van der Waals surface area contributed by atoms with Gasteiger partial charge < -0.3 is 16.0 Å². The summed E-state index contributed by atoms with van der Waals surface area (Å²) in [5.41, 5.74) is 7.07. The minimum atomic E-state index is 0.587. The summed E-state index contributed by atoms with van der Waals surface area (Å²) in [6.45, 7) is 3.21. The van der Waals surface area contributed by atoms with E-state index >= 15 is 0 Å². The van der Waals surface area contributed by atoms with Crippen LogP contribution in [-0.2, 0) is 0 Å². The summed E-state index contributed by atoms with van der Waals surface area (Å²) in [5.74, 6) is 0.647. The lowest BCUT2D eigenvalue weighted by molar-refractivity contribution is 0.217. The maximum absolute atomic E-state index is 6.14. The lowest BCUT2D eigenvalue weighted by Crippen LogP contribution is -2.35. The quantitative estimate of drug-likeness (QED) is 0.838. The van der Waals surface area contributed by atoms with Gasteiger partial charge in [-0.3, -0.25) is 0 Å². The molecule has 1 fully saturated rings. The molecule has 0 spiro atoms. The molecule has 2 rings (SSSR count). The van der Waals surface area contributed by atoms with Gasteiger partial charge in [0.2, 0.25) is 0 Å². The Kier molecular flexibility index (Phi) is 4.60. The van der Waals surface area contributed by atoms with Crippen LogP contribution in [0.5, 0.6) is 0 Å². The molecule has 3 nitrogen and oxygen atoms in total. The summed E-state index contributed by atoms with van der Waals surface area (Å²) < 4.78 is 0. The van der Waals surface area contributed by atoms with Crippen LogP contribution in [0.15, 0.2) is 12.1 Å². The molecule has 0 bridgehead atoms. The molecule has 1 saturated heterocycles. The molecule has 1 atom stereocenters. The minimum absolute atomic E-state index is 0.587. The van der Waals surface area contributed by atoms with Crippen LogP contribution in [0, 0.1) is 5.92 Å². The number of rotatable bonds is 3. The van der Waals surface area contributed by atoms with E-state index in [1.807, 2.05) is 0 Å². The van der Waals surface area contributed by atoms with E-state index in [0.717, 1.165) is 18.8 Å². The van der Waals surface area contributed by atoms with Crippen LogP contribution in [0.2, 0.25) is 10.0 Å². The zero-order chi connectivity index (χ0) is 13.1. The third-order valence-electron chi connectivity index (χ3n) is 3.35. The monoisotopic (exact) mass is 287 g/mol. The summed E-state index contributed by atoms with van der Waals surface area (Å²) in [7, 11) is 2.16. The van der Waals surface area contributed by atoms with Crippen LogP contribution >= 0.6 is 23.2 Å². The molecule has 1 aromatic rings. The largest absolute Gasteiger partial charge is 0.399 e. The van der Waals surface area contributed by atoms with Crippen molar-refractivity contribution >= 4 is 34.6 Å². The van der Waals surface area contributed by atoms with E-state index in [9.17, 15) is 0 Å². The highest BCUT2D eigenvalue weighted by Gasteiger charge is 2.17. The van der Waals surface area contributed by atoms with E-state index in [1.165, 1.54) is 19.4 Å². The maximum Gasteiger partial charge on any atom is 0.0720 e. The lowest BCUT2D eigenvalue weighted by atomic mass is 9.98. The molecule has 0 radical (unpaired) electrons. The fraction of sp³-hybridized carbons (Fsp3) is 0.538. The third kappa shape index (κ3) is 3.44. The summed E-state index contributed by atoms with van der Waals surface area (Å²) >= 11 is 12.3. The van der Waals surface area contributed by atoms with E-state index in [0.29, 0.717) is 21.7 Å². The number of anilines is 2. The Balaban J connectivity index is 1.97. The first kappa shape index (κ1) is 13.8. The van der Waals surface area contributed by atoms with Crippen molar-refractivity contribution in [1.82, 2.24) is 4.90 Å². The molecule has 18 heavy (non-hydrogen) atoms. The number of piperidine rings is 1. The average Bonchev–Trinajstić information content (AvgIpc) is 2.27. The molecule has 1 unspecified atom stereocenters. The molecular formula is C13H19Cl2N3. The van der Waals surface area contributed by atoms with Gasteiger partial charge in [-0.2, -0.15) is 0 Å². The molecule has 1 heterocycles. The minimum Gasteiger partial charge on any atom is -0.399 e. The molecule has 1 aromatic carbocycles. The van der Waals surface area contributed by atoms with Crippen molar-refractivity contribution in [1.29, 1.82) is 0 Å². The first-order valence-corrected chi connectivity index (χ1v) is 6.99. The molecular weight excluding hydrogens is 269 g/mol. The molecule has 100 valence electrons. The third-order valence-corrected chi connectivity index (χ3v) is 3.95. The fourth-order valence-electron chi connectivity index (χ4n) is 2.45. The van der Waals surface area contributed by atoms with Gasteiger partial charge in [-0.15, -0.1) is 0 Å². The van der Waals surface area contributed by atoms with Crippen LogP contribution < -0.4 is 11.1 Å². The van der Waals surface area contributed by atoms with Crippen molar-refractivity contribution in [2.45, 2.75) is 12.8 Å². The smallest absolute Gasteiger partial charge is 0.0720 e. The number of hydrogen-bond acceptors (Lipinski definition) is 3. The van der Waals surface area contributed by atoms with Crippen molar-refractivity contribution in [2.24, 2.45) is 5.92 Å². The lowest BCUT2D eigenvalue weighted by Gasteiger charge is -2.30. The SMILES string of the molecule is CN1CCCC(CNc2c(Cl)cc(N)cc2Cl)C1. The highest BCUT2D eigenvalue weighted by molar-refractivity contribution is 6.39. The Morgan fingerprint density at radius 2 is 2.06 bits per heavy atom. The zero-order valence-corrected chi connectivity index (χ0v) is 12.1. The normalized spacial score (nSPS) is 20.9. The van der Waals surface area contributed by atoms with E-state index in [4.69, 9.17) is 28.9 Å². The van der Waals surface area contributed by atoms with Gasteiger partial charge in [0, 0.05) is 18.8 Å². The van der Waals surface area contributed by atoms with E-state index < -0.39 is 0 Å².